The summed E-state index contributed by atoms with van der Waals surface area (Å²) in [6, 6.07) is 11.7. The van der Waals surface area contributed by atoms with Crippen LogP contribution < -0.4 is 9.46 Å². The third-order valence-corrected chi connectivity index (χ3v) is 5.29. The number of sulfonamides is 1. The van der Waals surface area contributed by atoms with Gasteiger partial charge in [0.2, 0.25) is 5.88 Å². The molecule has 0 fully saturated rings. The second-order valence-electron chi connectivity index (χ2n) is 5.66. The van der Waals surface area contributed by atoms with E-state index in [2.05, 4.69) is 14.7 Å². The van der Waals surface area contributed by atoms with E-state index < -0.39 is 10.0 Å². The molecule has 0 radical (unpaired) electrons. The molecule has 2 heterocycles. The smallest absolute Gasteiger partial charge is 0.263 e. The number of hydrogen-bond acceptors (Lipinski definition) is 5. The van der Waals surface area contributed by atoms with E-state index in [0.717, 1.165) is 5.56 Å². The van der Waals surface area contributed by atoms with E-state index in [1.807, 2.05) is 32.0 Å². The predicted octanol–water partition coefficient (Wildman–Crippen LogP) is 4.34. The molecule has 0 spiro atoms. The Hall–Kier alpha value is -2.64. The Morgan fingerprint density at radius 1 is 0.962 bits per heavy atom. The molecule has 134 valence electrons. The number of halogens is 1. The highest BCUT2D eigenvalue weighted by Crippen LogP contribution is 2.23. The first-order valence-electron chi connectivity index (χ1n) is 7.69. The summed E-state index contributed by atoms with van der Waals surface area (Å²) in [5.41, 5.74) is 2.60. The summed E-state index contributed by atoms with van der Waals surface area (Å²) in [6.45, 7) is 4.02. The van der Waals surface area contributed by atoms with Gasteiger partial charge in [-0.1, -0.05) is 17.7 Å². The molecule has 0 atom stereocenters. The Balaban J connectivity index is 1.73. The lowest BCUT2D eigenvalue weighted by Gasteiger charge is -2.09. The number of nitrogens with zero attached hydrogens (tertiary/aromatic N) is 2. The van der Waals surface area contributed by atoms with Crippen LogP contribution in [0.4, 0.5) is 5.69 Å². The number of pyridine rings is 2. The molecule has 6 nitrogen and oxygen atoms in total. The van der Waals surface area contributed by atoms with Crippen LogP contribution in [0.2, 0.25) is 5.15 Å². The Labute approximate surface area is 156 Å². The summed E-state index contributed by atoms with van der Waals surface area (Å²) in [4.78, 5) is 7.92. The minimum Gasteiger partial charge on any atom is -0.439 e. The van der Waals surface area contributed by atoms with Crippen molar-refractivity contribution in [3.63, 3.8) is 0 Å². The number of benzene rings is 1. The molecule has 0 saturated heterocycles. The SMILES string of the molecule is Cc1ccc(Oc2ccc(NS(=O)(=O)c3ccc(Cl)nc3)cn2)cc1C. The van der Waals surface area contributed by atoms with Gasteiger partial charge in [0.15, 0.2) is 0 Å². The number of rotatable bonds is 5. The quantitative estimate of drug-likeness (QED) is 0.656. The molecule has 0 aliphatic heterocycles. The van der Waals surface area contributed by atoms with Crippen molar-refractivity contribution >= 4 is 27.3 Å². The maximum Gasteiger partial charge on any atom is 0.263 e. The number of nitrogens with one attached hydrogen (secondary N) is 1. The number of anilines is 1. The maximum absolute atomic E-state index is 12.3. The number of ether oxygens (including phenoxy) is 1. The van der Waals surface area contributed by atoms with Crippen LogP contribution in [0.1, 0.15) is 11.1 Å². The van der Waals surface area contributed by atoms with Crippen molar-refractivity contribution in [3.8, 4) is 11.6 Å². The van der Waals surface area contributed by atoms with E-state index in [1.54, 1.807) is 12.1 Å². The van der Waals surface area contributed by atoms with Crippen LogP contribution in [0.25, 0.3) is 0 Å². The van der Waals surface area contributed by atoms with E-state index in [4.69, 9.17) is 16.3 Å². The summed E-state index contributed by atoms with van der Waals surface area (Å²) in [5, 5.41) is 0.221. The minimum absolute atomic E-state index is 0.0114. The zero-order valence-electron chi connectivity index (χ0n) is 14.1. The monoisotopic (exact) mass is 389 g/mol. The van der Waals surface area contributed by atoms with Crippen molar-refractivity contribution in [3.05, 3.63) is 71.1 Å². The highest BCUT2D eigenvalue weighted by atomic mass is 35.5. The molecule has 1 N–H and O–H groups in total. The topological polar surface area (TPSA) is 81.2 Å². The van der Waals surface area contributed by atoms with Crippen molar-refractivity contribution < 1.29 is 13.2 Å². The molecule has 0 saturated carbocycles. The number of hydrogen-bond donors (Lipinski definition) is 1. The number of aromatic nitrogens is 2. The molecular formula is C18H16ClN3O3S. The van der Waals surface area contributed by atoms with Crippen molar-refractivity contribution in [1.29, 1.82) is 0 Å². The van der Waals surface area contributed by atoms with Gasteiger partial charge in [-0.3, -0.25) is 4.72 Å². The third-order valence-electron chi connectivity index (χ3n) is 3.70. The van der Waals surface area contributed by atoms with Crippen LogP contribution in [-0.4, -0.2) is 18.4 Å². The molecule has 8 heteroatoms. The molecule has 0 aliphatic carbocycles. The second-order valence-corrected chi connectivity index (χ2v) is 7.73. The summed E-state index contributed by atoms with van der Waals surface area (Å²) in [5.74, 6) is 1.03. The van der Waals surface area contributed by atoms with Gasteiger partial charge in [-0.15, -0.1) is 0 Å². The largest absolute Gasteiger partial charge is 0.439 e. The first-order chi connectivity index (χ1) is 12.3. The van der Waals surface area contributed by atoms with Gasteiger partial charge in [-0.2, -0.15) is 0 Å². The highest BCUT2D eigenvalue weighted by Gasteiger charge is 2.15. The van der Waals surface area contributed by atoms with Crippen molar-refractivity contribution in [2.45, 2.75) is 18.7 Å². The highest BCUT2D eigenvalue weighted by molar-refractivity contribution is 7.92. The third kappa shape index (κ3) is 4.30. The molecule has 3 aromatic rings. The van der Waals surface area contributed by atoms with Crippen molar-refractivity contribution in [1.82, 2.24) is 9.97 Å². The zero-order chi connectivity index (χ0) is 18.7. The molecule has 3 rings (SSSR count). The molecular weight excluding hydrogens is 374 g/mol. The van der Waals surface area contributed by atoms with Gasteiger partial charge in [0.25, 0.3) is 10.0 Å². The van der Waals surface area contributed by atoms with E-state index in [-0.39, 0.29) is 10.0 Å². The van der Waals surface area contributed by atoms with Crippen LogP contribution in [0, 0.1) is 13.8 Å². The van der Waals surface area contributed by atoms with Gasteiger partial charge in [-0.05, 0) is 55.3 Å². The molecule has 2 aromatic heterocycles. The Kier molecular flexibility index (Phi) is 5.11. The van der Waals surface area contributed by atoms with Crippen LogP contribution in [0.15, 0.2) is 59.8 Å². The maximum atomic E-state index is 12.3. The van der Waals surface area contributed by atoms with Gasteiger partial charge in [0.1, 0.15) is 15.8 Å². The lowest BCUT2D eigenvalue weighted by Crippen LogP contribution is -2.13. The van der Waals surface area contributed by atoms with Gasteiger partial charge >= 0.3 is 0 Å². The lowest BCUT2D eigenvalue weighted by molar-refractivity contribution is 0.462. The van der Waals surface area contributed by atoms with Crippen molar-refractivity contribution in [2.75, 3.05) is 4.72 Å². The normalized spacial score (nSPS) is 11.2. The summed E-state index contributed by atoms with van der Waals surface area (Å²) >= 11 is 5.67. The molecule has 0 unspecified atom stereocenters. The van der Waals surface area contributed by atoms with Crippen LogP contribution in [-0.2, 0) is 10.0 Å². The fourth-order valence-electron chi connectivity index (χ4n) is 2.13. The Bertz CT molecular complexity index is 1020. The number of aryl methyl sites for hydroxylation is 2. The Morgan fingerprint density at radius 3 is 2.38 bits per heavy atom. The minimum atomic E-state index is -3.76. The molecule has 1 aromatic carbocycles. The van der Waals surface area contributed by atoms with Crippen LogP contribution in [0.5, 0.6) is 11.6 Å². The molecule has 26 heavy (non-hydrogen) atoms. The van der Waals surface area contributed by atoms with Crippen LogP contribution >= 0.6 is 11.6 Å². The predicted molar refractivity (Wildman–Crippen MR) is 100 cm³/mol. The van der Waals surface area contributed by atoms with E-state index >= 15 is 0 Å². The molecule has 0 aliphatic rings. The average Bonchev–Trinajstić information content (AvgIpc) is 2.60. The Morgan fingerprint density at radius 2 is 1.77 bits per heavy atom. The van der Waals surface area contributed by atoms with Gasteiger partial charge in [-0.25, -0.2) is 18.4 Å². The average molecular weight is 390 g/mol. The lowest BCUT2D eigenvalue weighted by atomic mass is 10.1. The van der Waals surface area contributed by atoms with Gasteiger partial charge in [0.05, 0.1) is 11.9 Å². The van der Waals surface area contributed by atoms with E-state index in [1.165, 1.54) is 30.1 Å². The second kappa shape index (κ2) is 7.31. The van der Waals surface area contributed by atoms with E-state index in [0.29, 0.717) is 17.3 Å². The van der Waals surface area contributed by atoms with Crippen molar-refractivity contribution in [2.24, 2.45) is 0 Å². The van der Waals surface area contributed by atoms with Gasteiger partial charge in [0, 0.05) is 12.3 Å². The van der Waals surface area contributed by atoms with E-state index in [9.17, 15) is 8.42 Å². The zero-order valence-corrected chi connectivity index (χ0v) is 15.7. The fourth-order valence-corrected chi connectivity index (χ4v) is 3.23. The first kappa shape index (κ1) is 18.2. The molecule has 0 amide bonds. The summed E-state index contributed by atoms with van der Waals surface area (Å²) in [7, 11) is -3.76. The summed E-state index contributed by atoms with van der Waals surface area (Å²) < 4.78 is 32.7. The van der Waals surface area contributed by atoms with Crippen LogP contribution in [0.3, 0.4) is 0 Å². The fraction of sp³-hybridized carbons (Fsp3) is 0.111. The standard InChI is InChI=1S/C18H16ClN3O3S/c1-12-3-5-15(9-13(12)2)25-18-8-4-14(10-21-18)22-26(23,24)16-6-7-17(19)20-11-16/h3-11,22H,1-2H3. The summed E-state index contributed by atoms with van der Waals surface area (Å²) in [6.07, 6.45) is 2.58. The van der Waals surface area contributed by atoms with Gasteiger partial charge < -0.3 is 4.74 Å². The molecule has 0 bridgehead atoms. The first-order valence-corrected chi connectivity index (χ1v) is 9.55.